The minimum atomic E-state index is -0.205. The highest BCUT2D eigenvalue weighted by Gasteiger charge is 2.29. The Labute approximate surface area is 146 Å². The Kier molecular flexibility index (Phi) is 5.01. The Bertz CT molecular complexity index is 675. The predicted octanol–water partition coefficient (Wildman–Crippen LogP) is 1.56. The van der Waals surface area contributed by atoms with Gasteiger partial charge in [0.25, 0.3) is 5.56 Å². The molecule has 6 nitrogen and oxygen atoms in total. The first kappa shape index (κ1) is 17.5. The lowest BCUT2D eigenvalue weighted by molar-refractivity contribution is -0.125. The largest absolute Gasteiger partial charge is 0.376 e. The van der Waals surface area contributed by atoms with E-state index in [9.17, 15) is 9.59 Å². The molecule has 0 unspecified atom stereocenters. The number of nitrogens with one attached hydrogen (secondary N) is 1. The molecule has 3 rings (SSSR count). The topological polar surface area (TPSA) is 73.2 Å². The average Bonchev–Trinajstić information content (AvgIpc) is 3.04. The Morgan fingerprint density at radius 1 is 1.50 bits per heavy atom. The molecule has 2 atom stereocenters. The van der Waals surface area contributed by atoms with Crippen molar-refractivity contribution in [2.45, 2.75) is 56.8 Å². The zero-order valence-corrected chi connectivity index (χ0v) is 15.3. The van der Waals surface area contributed by atoms with Crippen molar-refractivity contribution in [3.05, 3.63) is 22.1 Å². The number of carbonyl (C=O) groups excluding carboxylic acids is 1. The summed E-state index contributed by atoms with van der Waals surface area (Å²) in [6, 6.07) is 1.59. The van der Waals surface area contributed by atoms with Crippen molar-refractivity contribution in [2.75, 3.05) is 18.9 Å². The van der Waals surface area contributed by atoms with Crippen LogP contribution in [0, 0.1) is 5.92 Å². The van der Waals surface area contributed by atoms with E-state index in [1.165, 1.54) is 11.8 Å². The molecule has 3 heterocycles. The average molecular weight is 351 g/mol. The van der Waals surface area contributed by atoms with Crippen LogP contribution in [0.1, 0.15) is 39.3 Å². The summed E-state index contributed by atoms with van der Waals surface area (Å²) >= 11 is 1.49. The van der Waals surface area contributed by atoms with Gasteiger partial charge in [0.1, 0.15) is 0 Å². The molecule has 1 aromatic heterocycles. The van der Waals surface area contributed by atoms with E-state index in [-0.39, 0.29) is 28.9 Å². The van der Waals surface area contributed by atoms with Crippen LogP contribution in [0.5, 0.6) is 0 Å². The highest BCUT2D eigenvalue weighted by Crippen LogP contribution is 2.28. The molecule has 1 fully saturated rings. The fourth-order valence-corrected chi connectivity index (χ4v) is 4.01. The lowest BCUT2D eigenvalue weighted by atomic mass is 9.92. The third-order valence-corrected chi connectivity index (χ3v) is 5.60. The molecular weight excluding hydrogens is 326 g/mol. The van der Waals surface area contributed by atoms with E-state index in [2.05, 4.69) is 10.3 Å². The molecule has 2 aliphatic rings. The van der Waals surface area contributed by atoms with Crippen molar-refractivity contribution in [1.82, 2.24) is 14.9 Å². The molecule has 24 heavy (non-hydrogen) atoms. The third-order valence-electron chi connectivity index (χ3n) is 4.46. The fourth-order valence-electron chi connectivity index (χ4n) is 2.92. The van der Waals surface area contributed by atoms with Crippen LogP contribution >= 0.6 is 11.8 Å². The zero-order valence-electron chi connectivity index (χ0n) is 14.5. The van der Waals surface area contributed by atoms with Gasteiger partial charge in [-0.25, -0.2) is 4.98 Å². The van der Waals surface area contributed by atoms with Crippen molar-refractivity contribution in [1.29, 1.82) is 0 Å². The van der Waals surface area contributed by atoms with Crippen LogP contribution < -0.4 is 10.9 Å². The lowest BCUT2D eigenvalue weighted by Gasteiger charge is -2.26. The van der Waals surface area contributed by atoms with Gasteiger partial charge in [0, 0.05) is 36.9 Å². The van der Waals surface area contributed by atoms with Gasteiger partial charge < -0.3 is 10.1 Å². The summed E-state index contributed by atoms with van der Waals surface area (Å²) < 4.78 is 7.15. The summed E-state index contributed by atoms with van der Waals surface area (Å²) in [6.45, 7) is 7.87. The van der Waals surface area contributed by atoms with Gasteiger partial charge in [-0.3, -0.25) is 14.2 Å². The normalized spacial score (nSPS) is 23.8. The number of rotatable bonds is 3. The van der Waals surface area contributed by atoms with Gasteiger partial charge >= 0.3 is 0 Å². The Hall–Kier alpha value is -1.34. The molecule has 0 aromatic carbocycles. The molecule has 0 radical (unpaired) electrons. The highest BCUT2D eigenvalue weighted by molar-refractivity contribution is 7.99. The third kappa shape index (κ3) is 3.83. The number of thioether (sulfide) groups is 1. The highest BCUT2D eigenvalue weighted by atomic mass is 32.2. The fraction of sp³-hybridized carbons (Fsp3) is 0.706. The summed E-state index contributed by atoms with van der Waals surface area (Å²) in [7, 11) is 0. The van der Waals surface area contributed by atoms with Gasteiger partial charge in [-0.05, 0) is 12.8 Å². The molecule has 0 aliphatic carbocycles. The minimum Gasteiger partial charge on any atom is -0.376 e. The van der Waals surface area contributed by atoms with Gasteiger partial charge in [-0.1, -0.05) is 32.5 Å². The molecule has 7 heteroatoms. The van der Waals surface area contributed by atoms with E-state index >= 15 is 0 Å². The molecule has 1 saturated heterocycles. The quantitative estimate of drug-likeness (QED) is 0.837. The maximum atomic E-state index is 12.4. The second-order valence-corrected chi connectivity index (χ2v) is 8.50. The minimum absolute atomic E-state index is 0.00421. The van der Waals surface area contributed by atoms with Crippen LogP contribution in [0.25, 0.3) is 0 Å². The zero-order chi connectivity index (χ0) is 17.3. The Morgan fingerprint density at radius 3 is 2.96 bits per heavy atom. The molecule has 0 saturated carbocycles. The molecular formula is C17H25N3O3S. The summed E-state index contributed by atoms with van der Waals surface area (Å²) in [5, 5.41) is 3.69. The molecule has 1 N–H and O–H groups in total. The Morgan fingerprint density at radius 2 is 2.29 bits per heavy atom. The van der Waals surface area contributed by atoms with Crippen molar-refractivity contribution < 1.29 is 9.53 Å². The predicted molar refractivity (Wildman–Crippen MR) is 93.4 cm³/mol. The number of amides is 1. The standard InChI is InChI=1S/C17H25N3O3S/c1-17(2,3)13-7-14(21)20-9-11(10-24-16(20)19-13)15(22)18-8-12-5-4-6-23-12/h7,11-12H,4-6,8-10H2,1-3H3,(H,18,22)/t11-,12+/m1/s1. The summed E-state index contributed by atoms with van der Waals surface area (Å²) in [5.74, 6) is 0.441. The summed E-state index contributed by atoms with van der Waals surface area (Å²) in [5.41, 5.74) is 0.562. The number of fused-ring (bicyclic) bond motifs is 1. The van der Waals surface area contributed by atoms with Gasteiger partial charge in [0.15, 0.2) is 5.16 Å². The first-order chi connectivity index (χ1) is 11.3. The number of hydrogen-bond donors (Lipinski definition) is 1. The summed E-state index contributed by atoms with van der Waals surface area (Å²) in [6.07, 6.45) is 2.20. The molecule has 132 valence electrons. The molecule has 0 spiro atoms. The summed E-state index contributed by atoms with van der Waals surface area (Å²) in [4.78, 5) is 29.4. The van der Waals surface area contributed by atoms with Crippen LogP contribution in [0.4, 0.5) is 0 Å². The first-order valence-electron chi connectivity index (χ1n) is 8.49. The van der Waals surface area contributed by atoms with Crippen LogP contribution in [0.15, 0.2) is 16.0 Å². The second kappa shape index (κ2) is 6.88. The number of hydrogen-bond acceptors (Lipinski definition) is 5. The van der Waals surface area contributed by atoms with E-state index in [0.29, 0.717) is 18.8 Å². The molecule has 1 aromatic rings. The van der Waals surface area contributed by atoms with E-state index < -0.39 is 0 Å². The number of ether oxygens (including phenoxy) is 1. The Balaban J connectivity index is 1.67. The van der Waals surface area contributed by atoms with Gasteiger partial charge in [-0.2, -0.15) is 0 Å². The van der Waals surface area contributed by atoms with E-state index in [1.54, 1.807) is 10.6 Å². The van der Waals surface area contributed by atoms with Crippen LogP contribution in [0.3, 0.4) is 0 Å². The monoisotopic (exact) mass is 351 g/mol. The van der Waals surface area contributed by atoms with Crippen molar-refractivity contribution in [3.8, 4) is 0 Å². The lowest BCUT2D eigenvalue weighted by Crippen LogP contribution is -2.42. The van der Waals surface area contributed by atoms with E-state index in [1.807, 2.05) is 20.8 Å². The van der Waals surface area contributed by atoms with Crippen molar-refractivity contribution in [3.63, 3.8) is 0 Å². The molecule has 2 aliphatic heterocycles. The first-order valence-corrected chi connectivity index (χ1v) is 9.47. The number of aromatic nitrogens is 2. The van der Waals surface area contributed by atoms with Gasteiger partial charge in [0.2, 0.25) is 5.91 Å². The maximum absolute atomic E-state index is 12.4. The van der Waals surface area contributed by atoms with Crippen molar-refractivity contribution in [2.24, 2.45) is 5.92 Å². The van der Waals surface area contributed by atoms with E-state index in [0.717, 1.165) is 30.3 Å². The second-order valence-electron chi connectivity index (χ2n) is 7.51. The van der Waals surface area contributed by atoms with Crippen LogP contribution in [-0.4, -0.2) is 40.5 Å². The molecule has 1 amide bonds. The number of nitrogens with zero attached hydrogens (tertiary/aromatic N) is 2. The molecule has 0 bridgehead atoms. The SMILES string of the molecule is CC(C)(C)c1cc(=O)n2c(n1)SC[C@H](C(=O)NC[C@@H]1CCCO1)C2. The van der Waals surface area contributed by atoms with Gasteiger partial charge in [0.05, 0.1) is 17.7 Å². The van der Waals surface area contributed by atoms with Crippen LogP contribution in [-0.2, 0) is 21.5 Å². The smallest absolute Gasteiger partial charge is 0.254 e. The number of carbonyl (C=O) groups is 1. The van der Waals surface area contributed by atoms with Crippen molar-refractivity contribution >= 4 is 17.7 Å². The maximum Gasteiger partial charge on any atom is 0.254 e. The van der Waals surface area contributed by atoms with Gasteiger partial charge in [-0.15, -0.1) is 0 Å². The van der Waals surface area contributed by atoms with E-state index in [4.69, 9.17) is 4.74 Å². The van der Waals surface area contributed by atoms with Crippen LogP contribution in [0.2, 0.25) is 0 Å².